The first-order chi connectivity index (χ1) is 13.5. The highest BCUT2D eigenvalue weighted by Gasteiger charge is 2.27. The second kappa shape index (κ2) is 7.31. The highest BCUT2D eigenvalue weighted by Crippen LogP contribution is 2.36. The maximum Gasteiger partial charge on any atom is 0.339 e. The molecular formula is C22H20N2O4. The van der Waals surface area contributed by atoms with Crippen molar-refractivity contribution in [1.82, 2.24) is 4.98 Å². The van der Waals surface area contributed by atoms with E-state index in [9.17, 15) is 9.59 Å². The Labute approximate surface area is 162 Å². The number of rotatable bonds is 4. The lowest BCUT2D eigenvalue weighted by Crippen LogP contribution is -2.31. The van der Waals surface area contributed by atoms with Gasteiger partial charge in [-0.05, 0) is 61.6 Å². The number of benzene rings is 1. The first kappa shape index (κ1) is 18.0. The van der Waals surface area contributed by atoms with Gasteiger partial charge >= 0.3 is 5.97 Å². The smallest absolute Gasteiger partial charge is 0.339 e. The minimum Gasteiger partial charge on any atom is -0.465 e. The van der Waals surface area contributed by atoms with Gasteiger partial charge in [0.2, 0.25) is 0 Å². The van der Waals surface area contributed by atoms with E-state index in [-0.39, 0.29) is 0 Å². The number of aromatic nitrogens is 1. The molecule has 142 valence electrons. The zero-order valence-corrected chi connectivity index (χ0v) is 15.5. The van der Waals surface area contributed by atoms with Crippen LogP contribution in [0, 0.1) is 0 Å². The van der Waals surface area contributed by atoms with Crippen LogP contribution < -0.4 is 5.73 Å². The highest BCUT2D eigenvalue weighted by atomic mass is 16.5. The number of pyridine rings is 1. The SMILES string of the molecule is CC(OC(=O)c1c2c(nc3ccccc13)/C(=C\c1ccco1)CCC2)C(N)=O. The summed E-state index contributed by atoms with van der Waals surface area (Å²) in [5.41, 5.74) is 9.05. The molecule has 6 heteroatoms. The Morgan fingerprint density at radius 1 is 1.21 bits per heavy atom. The van der Waals surface area contributed by atoms with Crippen molar-refractivity contribution in [2.24, 2.45) is 5.73 Å². The molecule has 2 aromatic heterocycles. The predicted octanol–water partition coefficient (Wildman–Crippen LogP) is 3.74. The first-order valence-electron chi connectivity index (χ1n) is 9.21. The van der Waals surface area contributed by atoms with Crippen molar-refractivity contribution in [3.63, 3.8) is 0 Å². The van der Waals surface area contributed by atoms with Crippen LogP contribution in [0.3, 0.4) is 0 Å². The lowest BCUT2D eigenvalue weighted by molar-refractivity contribution is -0.125. The second-order valence-electron chi connectivity index (χ2n) is 6.82. The number of para-hydroxylation sites is 1. The molecule has 1 aliphatic rings. The Balaban J connectivity index is 1.89. The Kier molecular flexibility index (Phi) is 4.69. The molecule has 0 radical (unpaired) electrons. The molecule has 28 heavy (non-hydrogen) atoms. The van der Waals surface area contributed by atoms with Gasteiger partial charge in [0.15, 0.2) is 6.10 Å². The lowest BCUT2D eigenvalue weighted by atomic mass is 9.86. The molecule has 0 spiro atoms. The topological polar surface area (TPSA) is 95.4 Å². The number of hydrogen-bond donors (Lipinski definition) is 1. The van der Waals surface area contributed by atoms with Crippen molar-refractivity contribution < 1.29 is 18.7 Å². The molecule has 2 heterocycles. The van der Waals surface area contributed by atoms with Crippen LogP contribution in [-0.4, -0.2) is 23.0 Å². The summed E-state index contributed by atoms with van der Waals surface area (Å²) in [5.74, 6) is -0.497. The van der Waals surface area contributed by atoms with E-state index in [4.69, 9.17) is 19.9 Å². The summed E-state index contributed by atoms with van der Waals surface area (Å²) in [4.78, 5) is 29.2. The number of hydrogen-bond acceptors (Lipinski definition) is 5. The van der Waals surface area contributed by atoms with E-state index in [2.05, 4.69) is 0 Å². The zero-order valence-electron chi connectivity index (χ0n) is 15.5. The molecule has 1 amide bonds. The van der Waals surface area contributed by atoms with Crippen molar-refractivity contribution in [3.05, 3.63) is 65.2 Å². The van der Waals surface area contributed by atoms with Crippen LogP contribution in [0.15, 0.2) is 47.1 Å². The molecule has 0 aliphatic heterocycles. The van der Waals surface area contributed by atoms with E-state index in [1.807, 2.05) is 42.5 Å². The number of ether oxygens (including phenoxy) is 1. The van der Waals surface area contributed by atoms with Crippen molar-refractivity contribution in [3.8, 4) is 0 Å². The monoisotopic (exact) mass is 376 g/mol. The van der Waals surface area contributed by atoms with Gasteiger partial charge in [0.05, 0.1) is 23.0 Å². The van der Waals surface area contributed by atoms with Gasteiger partial charge in [-0.3, -0.25) is 4.79 Å². The number of nitrogens with two attached hydrogens (primary N) is 1. The highest BCUT2D eigenvalue weighted by molar-refractivity contribution is 6.07. The molecule has 0 saturated heterocycles. The van der Waals surface area contributed by atoms with Gasteiger partial charge in [-0.1, -0.05) is 18.2 Å². The second-order valence-corrected chi connectivity index (χ2v) is 6.82. The number of carbonyl (C=O) groups excluding carboxylic acids is 2. The summed E-state index contributed by atoms with van der Waals surface area (Å²) in [6.45, 7) is 1.47. The molecule has 6 nitrogen and oxygen atoms in total. The van der Waals surface area contributed by atoms with Gasteiger partial charge in [-0.15, -0.1) is 0 Å². The van der Waals surface area contributed by atoms with Crippen LogP contribution in [-0.2, 0) is 16.0 Å². The Bertz CT molecular complexity index is 1080. The van der Waals surface area contributed by atoms with Gasteiger partial charge in [-0.25, -0.2) is 9.78 Å². The molecule has 0 fully saturated rings. The minimum absolute atomic E-state index is 0.457. The van der Waals surface area contributed by atoms with E-state index in [0.29, 0.717) is 22.9 Å². The molecule has 0 saturated carbocycles. The number of esters is 1. The van der Waals surface area contributed by atoms with Gasteiger partial charge in [-0.2, -0.15) is 0 Å². The number of primary amides is 1. The Morgan fingerprint density at radius 3 is 2.79 bits per heavy atom. The minimum atomic E-state index is -1.00. The summed E-state index contributed by atoms with van der Waals surface area (Å²) in [7, 11) is 0. The summed E-state index contributed by atoms with van der Waals surface area (Å²) < 4.78 is 10.8. The van der Waals surface area contributed by atoms with Crippen LogP contribution in [0.5, 0.6) is 0 Å². The van der Waals surface area contributed by atoms with E-state index in [1.165, 1.54) is 6.92 Å². The van der Waals surface area contributed by atoms with Crippen molar-refractivity contribution in [2.75, 3.05) is 0 Å². The van der Waals surface area contributed by atoms with Gasteiger partial charge in [0.25, 0.3) is 5.91 Å². The molecule has 2 N–H and O–H groups in total. The maximum atomic E-state index is 13.0. The fourth-order valence-electron chi connectivity index (χ4n) is 3.53. The number of carbonyl (C=O) groups is 2. The average molecular weight is 376 g/mol. The van der Waals surface area contributed by atoms with Gasteiger partial charge < -0.3 is 14.9 Å². The molecule has 3 aromatic rings. The van der Waals surface area contributed by atoms with Crippen molar-refractivity contribution in [2.45, 2.75) is 32.3 Å². The number of fused-ring (bicyclic) bond motifs is 2. The van der Waals surface area contributed by atoms with Crippen LogP contribution in [0.2, 0.25) is 0 Å². The summed E-state index contributed by atoms with van der Waals surface area (Å²) in [5, 5.41) is 0.710. The largest absolute Gasteiger partial charge is 0.465 e. The first-order valence-corrected chi connectivity index (χ1v) is 9.21. The number of nitrogens with zero attached hydrogens (tertiary/aromatic N) is 1. The Morgan fingerprint density at radius 2 is 2.04 bits per heavy atom. The van der Waals surface area contributed by atoms with E-state index >= 15 is 0 Å². The zero-order chi connectivity index (χ0) is 19.7. The number of allylic oxidation sites excluding steroid dienone is 1. The molecule has 1 unspecified atom stereocenters. The van der Waals surface area contributed by atoms with Crippen LogP contribution in [0.1, 0.15) is 47.1 Å². The van der Waals surface area contributed by atoms with E-state index < -0.39 is 18.0 Å². The summed E-state index contributed by atoms with van der Waals surface area (Å²) in [6.07, 6.45) is 5.00. The average Bonchev–Trinajstić information content (AvgIpc) is 3.19. The number of amides is 1. The van der Waals surface area contributed by atoms with Gasteiger partial charge in [0, 0.05) is 5.39 Å². The standard InChI is InChI=1S/C22H20N2O4/c1-13(21(23)25)28-22(26)19-16-8-2-3-10-18(16)24-20-14(6-4-9-17(19)20)12-15-7-5-11-27-15/h2-3,5,7-8,10-13H,4,6,9H2,1H3,(H2,23,25)/b14-12-. The van der Waals surface area contributed by atoms with E-state index in [1.54, 1.807) is 6.26 Å². The summed E-state index contributed by atoms with van der Waals surface area (Å²) >= 11 is 0. The third-order valence-electron chi connectivity index (χ3n) is 4.92. The molecular weight excluding hydrogens is 356 g/mol. The van der Waals surface area contributed by atoms with E-state index in [0.717, 1.165) is 35.4 Å². The fourth-order valence-corrected chi connectivity index (χ4v) is 3.53. The molecule has 1 aromatic carbocycles. The van der Waals surface area contributed by atoms with Crippen molar-refractivity contribution >= 4 is 34.4 Å². The van der Waals surface area contributed by atoms with Gasteiger partial charge in [0.1, 0.15) is 5.76 Å². The molecule has 0 bridgehead atoms. The van der Waals surface area contributed by atoms with Crippen LogP contribution >= 0.6 is 0 Å². The Hall–Kier alpha value is -3.41. The van der Waals surface area contributed by atoms with Crippen LogP contribution in [0.25, 0.3) is 22.6 Å². The quantitative estimate of drug-likeness (QED) is 0.700. The normalized spacial score (nSPS) is 16.0. The number of furan rings is 1. The molecule has 1 aliphatic carbocycles. The maximum absolute atomic E-state index is 13.0. The summed E-state index contributed by atoms with van der Waals surface area (Å²) in [6, 6.07) is 11.2. The molecule has 1 atom stereocenters. The lowest BCUT2D eigenvalue weighted by Gasteiger charge is -2.22. The fraction of sp³-hybridized carbons (Fsp3) is 0.227. The molecule has 4 rings (SSSR count). The predicted molar refractivity (Wildman–Crippen MR) is 105 cm³/mol. The van der Waals surface area contributed by atoms with Crippen molar-refractivity contribution in [1.29, 1.82) is 0 Å². The van der Waals surface area contributed by atoms with Crippen LogP contribution in [0.4, 0.5) is 0 Å². The third kappa shape index (κ3) is 3.29. The third-order valence-corrected chi connectivity index (χ3v) is 4.92.